The molecule has 1 heterocycles. The SMILES string of the molecule is C=CC(NC=Cc1ccccc1)S(=O)(=O)c1ccc2c(c1)C=C(C(=O)O)C(C(F)(F)F)O2. The van der Waals surface area contributed by atoms with Crippen LogP contribution in [-0.4, -0.2) is 37.1 Å². The molecular weight excluding hydrogens is 447 g/mol. The Morgan fingerprint density at radius 2 is 1.88 bits per heavy atom. The topological polar surface area (TPSA) is 92.7 Å². The first kappa shape index (κ1) is 23.1. The molecule has 0 aromatic heterocycles. The summed E-state index contributed by atoms with van der Waals surface area (Å²) in [5, 5.41) is 10.6. The smallest absolute Gasteiger partial charge is 0.430 e. The number of nitrogens with one attached hydrogen (secondary N) is 1. The van der Waals surface area contributed by atoms with Crippen molar-refractivity contribution in [3.63, 3.8) is 0 Å². The Morgan fingerprint density at radius 3 is 2.47 bits per heavy atom. The van der Waals surface area contributed by atoms with Gasteiger partial charge in [0.25, 0.3) is 0 Å². The minimum absolute atomic E-state index is 0.0911. The molecule has 2 N–H and O–H groups in total. The summed E-state index contributed by atoms with van der Waals surface area (Å²) in [6.07, 6.45) is -2.57. The molecule has 0 spiro atoms. The van der Waals surface area contributed by atoms with E-state index in [-0.39, 0.29) is 16.2 Å². The number of hydrogen-bond donors (Lipinski definition) is 2. The molecule has 6 nitrogen and oxygen atoms in total. The lowest BCUT2D eigenvalue weighted by Gasteiger charge is -2.27. The molecule has 1 aliphatic heterocycles. The number of aliphatic carboxylic acids is 1. The molecule has 0 fully saturated rings. The van der Waals surface area contributed by atoms with Crippen molar-refractivity contribution in [1.82, 2.24) is 5.32 Å². The van der Waals surface area contributed by atoms with Crippen LogP contribution in [0, 0.1) is 0 Å². The zero-order valence-corrected chi connectivity index (χ0v) is 17.2. The standard InChI is InChI=1S/C22H18F3NO5S/c1-2-19(26-11-10-14-6-4-3-5-7-14)32(29,30)16-8-9-18-15(12-16)13-17(21(27)28)20(31-18)22(23,24)25/h2-13,19-20,26H,1H2,(H,27,28). The Kier molecular flexibility index (Phi) is 6.45. The van der Waals surface area contributed by atoms with Gasteiger partial charge < -0.3 is 15.2 Å². The molecule has 2 aromatic carbocycles. The van der Waals surface area contributed by atoms with E-state index in [0.717, 1.165) is 29.8 Å². The first-order valence-corrected chi connectivity index (χ1v) is 10.7. The Balaban J connectivity index is 1.91. The number of ether oxygens (including phenoxy) is 1. The van der Waals surface area contributed by atoms with E-state index in [4.69, 9.17) is 9.84 Å². The molecule has 1 aliphatic rings. The summed E-state index contributed by atoms with van der Waals surface area (Å²) in [5.41, 5.74) is -0.299. The lowest BCUT2D eigenvalue weighted by molar-refractivity contribution is -0.187. The van der Waals surface area contributed by atoms with Crippen molar-refractivity contribution in [2.75, 3.05) is 0 Å². The van der Waals surface area contributed by atoms with E-state index in [1.54, 1.807) is 6.08 Å². The van der Waals surface area contributed by atoms with Crippen LogP contribution in [0.4, 0.5) is 13.2 Å². The first-order chi connectivity index (χ1) is 15.0. The van der Waals surface area contributed by atoms with Crippen LogP contribution in [0.1, 0.15) is 11.1 Å². The predicted octanol–water partition coefficient (Wildman–Crippen LogP) is 4.02. The highest BCUT2D eigenvalue weighted by atomic mass is 32.2. The van der Waals surface area contributed by atoms with Crippen LogP contribution in [0.25, 0.3) is 12.2 Å². The van der Waals surface area contributed by atoms with Gasteiger partial charge in [-0.2, -0.15) is 13.2 Å². The number of benzene rings is 2. The van der Waals surface area contributed by atoms with Gasteiger partial charge in [0.2, 0.25) is 15.9 Å². The van der Waals surface area contributed by atoms with Crippen LogP contribution in [0.3, 0.4) is 0 Å². The van der Waals surface area contributed by atoms with Gasteiger partial charge in [-0.1, -0.05) is 43.0 Å². The summed E-state index contributed by atoms with van der Waals surface area (Å²) in [6.45, 7) is 3.52. The van der Waals surface area contributed by atoms with E-state index in [0.29, 0.717) is 0 Å². The van der Waals surface area contributed by atoms with E-state index in [1.807, 2.05) is 30.3 Å². The molecule has 0 aliphatic carbocycles. The molecule has 0 saturated heterocycles. The Labute approximate surface area is 182 Å². The van der Waals surface area contributed by atoms with E-state index >= 15 is 0 Å². The number of sulfone groups is 1. The summed E-state index contributed by atoms with van der Waals surface area (Å²) < 4.78 is 70.3. The molecule has 0 amide bonds. The van der Waals surface area contributed by atoms with Crippen molar-refractivity contribution < 1.29 is 36.2 Å². The summed E-state index contributed by atoms with van der Waals surface area (Å²) in [6, 6.07) is 12.3. The zero-order chi connectivity index (χ0) is 23.5. The molecule has 32 heavy (non-hydrogen) atoms. The fourth-order valence-corrected chi connectivity index (χ4v) is 4.36. The van der Waals surface area contributed by atoms with Gasteiger partial charge in [0.15, 0.2) is 5.37 Å². The minimum atomic E-state index is -4.95. The molecule has 0 bridgehead atoms. The third kappa shape index (κ3) is 4.86. The van der Waals surface area contributed by atoms with Crippen LogP contribution >= 0.6 is 0 Å². The molecular formula is C22H18F3NO5S. The molecule has 2 atom stereocenters. The zero-order valence-electron chi connectivity index (χ0n) is 16.4. The second-order valence-electron chi connectivity index (χ2n) is 6.76. The average Bonchev–Trinajstić information content (AvgIpc) is 2.75. The van der Waals surface area contributed by atoms with Gasteiger partial charge in [-0.3, -0.25) is 0 Å². The van der Waals surface area contributed by atoms with Crippen molar-refractivity contribution in [2.24, 2.45) is 0 Å². The van der Waals surface area contributed by atoms with Gasteiger partial charge in [0.1, 0.15) is 5.75 Å². The monoisotopic (exact) mass is 465 g/mol. The second kappa shape index (κ2) is 8.91. The van der Waals surface area contributed by atoms with Gasteiger partial charge in [-0.15, -0.1) is 0 Å². The number of carboxylic acids is 1. The number of rotatable bonds is 7. The molecule has 0 radical (unpaired) electrons. The summed E-state index contributed by atoms with van der Waals surface area (Å²) >= 11 is 0. The van der Waals surface area contributed by atoms with E-state index in [9.17, 15) is 26.4 Å². The maximum Gasteiger partial charge on any atom is 0.430 e. The van der Waals surface area contributed by atoms with E-state index in [1.165, 1.54) is 12.3 Å². The highest BCUT2D eigenvalue weighted by Crippen LogP contribution is 2.38. The maximum absolute atomic E-state index is 13.2. The number of carbonyl (C=O) groups is 1. The van der Waals surface area contributed by atoms with Crippen molar-refractivity contribution in [1.29, 1.82) is 0 Å². The van der Waals surface area contributed by atoms with Crippen LogP contribution in [-0.2, 0) is 14.6 Å². The lowest BCUT2D eigenvalue weighted by Crippen LogP contribution is -2.40. The molecule has 10 heteroatoms. The molecule has 2 aromatic rings. The number of hydrogen-bond acceptors (Lipinski definition) is 5. The highest BCUT2D eigenvalue weighted by Gasteiger charge is 2.48. The molecule has 0 saturated carbocycles. The summed E-state index contributed by atoms with van der Waals surface area (Å²) in [7, 11) is -4.05. The predicted molar refractivity (Wildman–Crippen MR) is 112 cm³/mol. The first-order valence-electron chi connectivity index (χ1n) is 9.20. The molecule has 168 valence electrons. The summed E-state index contributed by atoms with van der Waals surface area (Å²) in [4.78, 5) is 11.1. The fraction of sp³-hybridized carbons (Fsp3) is 0.136. The average molecular weight is 465 g/mol. The summed E-state index contributed by atoms with van der Waals surface area (Å²) in [5.74, 6) is -2.09. The quantitative estimate of drug-likeness (QED) is 0.600. The van der Waals surface area contributed by atoms with Crippen LogP contribution in [0.2, 0.25) is 0 Å². The van der Waals surface area contributed by atoms with Crippen LogP contribution < -0.4 is 10.1 Å². The Bertz CT molecular complexity index is 1190. The van der Waals surface area contributed by atoms with Gasteiger partial charge >= 0.3 is 12.1 Å². The van der Waals surface area contributed by atoms with E-state index < -0.39 is 39.0 Å². The van der Waals surface area contributed by atoms with Crippen molar-refractivity contribution in [3.05, 3.63) is 84.1 Å². The number of alkyl halides is 3. The van der Waals surface area contributed by atoms with Crippen LogP contribution in [0.5, 0.6) is 5.75 Å². The van der Waals surface area contributed by atoms with Crippen LogP contribution in [0.15, 0.2) is 77.9 Å². The second-order valence-corrected chi connectivity index (χ2v) is 8.83. The Morgan fingerprint density at radius 1 is 1.19 bits per heavy atom. The molecule has 2 unspecified atom stereocenters. The number of carboxylic acid groups (broad SMARTS) is 1. The largest absolute Gasteiger partial charge is 0.478 e. The number of fused-ring (bicyclic) bond motifs is 1. The third-order valence-corrected chi connectivity index (χ3v) is 6.48. The third-order valence-electron chi connectivity index (χ3n) is 4.58. The van der Waals surface area contributed by atoms with Gasteiger partial charge in [-0.05, 0) is 42.1 Å². The fourth-order valence-electron chi connectivity index (χ4n) is 3.01. The highest BCUT2D eigenvalue weighted by molar-refractivity contribution is 7.92. The molecule has 3 rings (SSSR count). The minimum Gasteiger partial charge on any atom is -0.478 e. The van der Waals surface area contributed by atoms with Crippen molar-refractivity contribution >= 4 is 28.0 Å². The van der Waals surface area contributed by atoms with Crippen molar-refractivity contribution in [3.8, 4) is 5.75 Å². The number of halogens is 3. The van der Waals surface area contributed by atoms with Gasteiger partial charge in [0.05, 0.1) is 10.5 Å². The van der Waals surface area contributed by atoms with Gasteiger partial charge in [-0.25, -0.2) is 13.2 Å². The van der Waals surface area contributed by atoms with E-state index in [2.05, 4.69) is 11.9 Å². The van der Waals surface area contributed by atoms with Gasteiger partial charge in [0, 0.05) is 5.56 Å². The Hall–Kier alpha value is -3.53. The maximum atomic E-state index is 13.2. The lowest BCUT2D eigenvalue weighted by atomic mass is 10.0. The van der Waals surface area contributed by atoms with Crippen molar-refractivity contribution in [2.45, 2.75) is 22.5 Å². The normalized spacial score (nSPS) is 17.1.